The number of hydrogen-bond donors (Lipinski definition) is 1. The number of halogens is 5. The average molecular weight is 777 g/mol. The Balaban J connectivity index is 1.61. The van der Waals surface area contributed by atoms with Crippen molar-refractivity contribution in [2.24, 2.45) is 0 Å². The number of rotatable bonds is 12. The first-order valence-electron chi connectivity index (χ1n) is 15.7. The summed E-state index contributed by atoms with van der Waals surface area (Å²) in [6, 6.07) is 24.9. The lowest BCUT2D eigenvalue weighted by atomic mass is 10.0. The number of carbonyl (C=O) groups excluding carboxylic acids is 2. The van der Waals surface area contributed by atoms with Crippen molar-refractivity contribution in [3.05, 3.63) is 129 Å². The van der Waals surface area contributed by atoms with E-state index in [9.17, 15) is 31.2 Å². The minimum absolute atomic E-state index is 0.0709. The van der Waals surface area contributed by atoms with Gasteiger partial charge in [-0.15, -0.1) is 0 Å². The van der Waals surface area contributed by atoms with E-state index < -0.39 is 56.9 Å². The van der Waals surface area contributed by atoms with Gasteiger partial charge in [0.05, 0.1) is 21.2 Å². The summed E-state index contributed by atoms with van der Waals surface area (Å²) >= 11 is 9.33. The molecule has 0 radical (unpaired) electrons. The number of alkyl halides is 3. The van der Waals surface area contributed by atoms with Gasteiger partial charge < -0.3 is 10.2 Å². The third-order valence-electron chi connectivity index (χ3n) is 8.37. The Morgan fingerprint density at radius 1 is 0.878 bits per heavy atom. The molecule has 1 N–H and O–H groups in total. The highest BCUT2D eigenvalue weighted by Gasteiger charge is 2.38. The molecule has 258 valence electrons. The lowest BCUT2D eigenvalue weighted by molar-refractivity contribution is -0.140. The average Bonchev–Trinajstić information content (AvgIpc) is 3.59. The predicted octanol–water partition coefficient (Wildman–Crippen LogP) is 8.02. The maximum atomic E-state index is 14.6. The second-order valence-electron chi connectivity index (χ2n) is 11.8. The Morgan fingerprint density at radius 3 is 2.14 bits per heavy atom. The monoisotopic (exact) mass is 775 g/mol. The van der Waals surface area contributed by atoms with Crippen LogP contribution in [-0.2, 0) is 38.8 Å². The van der Waals surface area contributed by atoms with Crippen LogP contribution in [0, 0.1) is 0 Å². The fourth-order valence-electron chi connectivity index (χ4n) is 5.89. The molecule has 1 aliphatic carbocycles. The van der Waals surface area contributed by atoms with E-state index in [-0.39, 0.29) is 23.9 Å². The van der Waals surface area contributed by atoms with Crippen LogP contribution in [0.25, 0.3) is 0 Å². The van der Waals surface area contributed by atoms with Crippen LogP contribution in [0.3, 0.4) is 0 Å². The van der Waals surface area contributed by atoms with Crippen molar-refractivity contribution in [3.63, 3.8) is 0 Å². The van der Waals surface area contributed by atoms with Crippen LogP contribution in [0.2, 0.25) is 5.02 Å². The molecular formula is C36H34BrClF3N3O4S. The molecule has 5 rings (SSSR count). The summed E-state index contributed by atoms with van der Waals surface area (Å²) in [6.07, 6.45) is -1.27. The van der Waals surface area contributed by atoms with E-state index >= 15 is 0 Å². The highest BCUT2D eigenvalue weighted by molar-refractivity contribution is 9.10. The summed E-state index contributed by atoms with van der Waals surface area (Å²) in [5, 5.41) is 2.47. The first-order valence-corrected chi connectivity index (χ1v) is 18.3. The molecule has 49 heavy (non-hydrogen) atoms. The summed E-state index contributed by atoms with van der Waals surface area (Å²) < 4.78 is 71.5. The summed E-state index contributed by atoms with van der Waals surface area (Å²) in [5.41, 5.74) is -0.247. The fraction of sp³-hybridized carbons (Fsp3) is 0.278. The van der Waals surface area contributed by atoms with Crippen LogP contribution >= 0.6 is 27.5 Å². The molecule has 1 fully saturated rings. The number of sulfonamides is 1. The largest absolute Gasteiger partial charge is 0.417 e. The molecule has 1 saturated carbocycles. The van der Waals surface area contributed by atoms with Gasteiger partial charge in [0.25, 0.3) is 10.0 Å². The van der Waals surface area contributed by atoms with Gasteiger partial charge in [-0.25, -0.2) is 8.42 Å². The number of carbonyl (C=O) groups is 2. The number of anilines is 1. The predicted molar refractivity (Wildman–Crippen MR) is 186 cm³/mol. The van der Waals surface area contributed by atoms with Crippen molar-refractivity contribution in [1.82, 2.24) is 10.2 Å². The maximum Gasteiger partial charge on any atom is 0.417 e. The molecule has 1 aliphatic rings. The third-order valence-corrected chi connectivity index (χ3v) is 11.0. The Kier molecular flexibility index (Phi) is 11.7. The quantitative estimate of drug-likeness (QED) is 0.158. The fourth-order valence-corrected chi connectivity index (χ4v) is 7.99. The minimum atomic E-state index is -4.90. The molecule has 0 spiro atoms. The van der Waals surface area contributed by atoms with E-state index in [4.69, 9.17) is 11.6 Å². The molecular weight excluding hydrogens is 743 g/mol. The second-order valence-corrected chi connectivity index (χ2v) is 15.0. The van der Waals surface area contributed by atoms with Crippen LogP contribution < -0.4 is 9.62 Å². The normalized spacial score (nSPS) is 14.3. The molecule has 0 bridgehead atoms. The number of nitrogens with one attached hydrogen (secondary N) is 1. The Bertz CT molecular complexity index is 1880. The molecule has 0 aromatic heterocycles. The van der Waals surface area contributed by atoms with Gasteiger partial charge in [-0.2, -0.15) is 13.2 Å². The highest BCUT2D eigenvalue weighted by Crippen LogP contribution is 2.38. The van der Waals surface area contributed by atoms with Gasteiger partial charge in [-0.3, -0.25) is 13.9 Å². The summed E-state index contributed by atoms with van der Waals surface area (Å²) in [6.45, 7) is -0.979. The number of hydrogen-bond acceptors (Lipinski definition) is 4. The summed E-state index contributed by atoms with van der Waals surface area (Å²) in [7, 11) is -4.59. The van der Waals surface area contributed by atoms with Crippen molar-refractivity contribution >= 4 is 55.1 Å². The van der Waals surface area contributed by atoms with E-state index in [1.807, 2.05) is 30.3 Å². The van der Waals surface area contributed by atoms with Crippen LogP contribution in [0.15, 0.2) is 112 Å². The maximum absolute atomic E-state index is 14.6. The number of benzene rings is 4. The Labute approximate surface area is 297 Å². The molecule has 0 heterocycles. The molecule has 0 saturated heterocycles. The van der Waals surface area contributed by atoms with Gasteiger partial charge in [0, 0.05) is 23.5 Å². The van der Waals surface area contributed by atoms with Gasteiger partial charge in [0.15, 0.2) is 0 Å². The topological polar surface area (TPSA) is 86.8 Å². The van der Waals surface area contributed by atoms with Crippen molar-refractivity contribution in [1.29, 1.82) is 0 Å². The van der Waals surface area contributed by atoms with Gasteiger partial charge in [0.1, 0.15) is 12.6 Å². The van der Waals surface area contributed by atoms with Crippen LogP contribution in [0.5, 0.6) is 0 Å². The molecule has 0 unspecified atom stereocenters. The molecule has 4 aromatic rings. The third kappa shape index (κ3) is 9.23. The lowest BCUT2D eigenvalue weighted by Crippen LogP contribution is -2.54. The Hall–Kier alpha value is -3.87. The standard InChI is InChI=1S/C36H34BrClF3N3O4S/c37-27-13-9-12-26(20-27)23-43(33(21-25-10-3-1-4-11-25)35(46)42-28-14-7-8-15-28)34(45)24-44(49(47,48)30-16-5-2-6-17-30)29-18-19-32(38)31(22-29)36(39,40)41/h1-6,9-13,16-20,22,28,33H,7-8,14-15,21,23-24H2,(H,42,46)/t33-/m1/s1. The van der Waals surface area contributed by atoms with E-state index in [0.29, 0.717) is 15.9 Å². The molecule has 13 heteroatoms. The van der Waals surface area contributed by atoms with Gasteiger partial charge in [0.2, 0.25) is 11.8 Å². The number of nitrogens with zero attached hydrogens (tertiary/aromatic N) is 2. The van der Waals surface area contributed by atoms with E-state index in [1.54, 1.807) is 30.3 Å². The van der Waals surface area contributed by atoms with Crippen LogP contribution in [-0.4, -0.2) is 43.8 Å². The van der Waals surface area contributed by atoms with Crippen molar-refractivity contribution in [3.8, 4) is 0 Å². The molecule has 4 aromatic carbocycles. The summed E-state index contributed by atoms with van der Waals surface area (Å²) in [4.78, 5) is 29.8. The molecule has 0 aliphatic heterocycles. The second kappa shape index (κ2) is 15.8. The highest BCUT2D eigenvalue weighted by atomic mass is 79.9. The smallest absolute Gasteiger partial charge is 0.352 e. The van der Waals surface area contributed by atoms with Crippen LogP contribution in [0.4, 0.5) is 18.9 Å². The van der Waals surface area contributed by atoms with Crippen molar-refractivity contribution in [2.75, 3.05) is 10.8 Å². The molecule has 1 atom stereocenters. The zero-order valence-corrected chi connectivity index (χ0v) is 29.4. The first-order chi connectivity index (χ1) is 23.3. The van der Waals surface area contributed by atoms with Crippen LogP contribution in [0.1, 0.15) is 42.4 Å². The van der Waals surface area contributed by atoms with Gasteiger partial charge in [-0.05, 0) is 66.4 Å². The van der Waals surface area contributed by atoms with Crippen molar-refractivity contribution in [2.45, 2.75) is 61.8 Å². The number of amides is 2. The first kappa shape index (κ1) is 36.4. The van der Waals surface area contributed by atoms with E-state index in [0.717, 1.165) is 47.9 Å². The molecule has 7 nitrogen and oxygen atoms in total. The molecule has 2 amide bonds. The zero-order chi connectivity index (χ0) is 35.2. The van der Waals surface area contributed by atoms with E-state index in [2.05, 4.69) is 21.2 Å². The Morgan fingerprint density at radius 2 is 1.51 bits per heavy atom. The lowest BCUT2D eigenvalue weighted by Gasteiger charge is -2.34. The van der Waals surface area contributed by atoms with Gasteiger partial charge >= 0.3 is 6.18 Å². The van der Waals surface area contributed by atoms with E-state index in [1.165, 1.54) is 29.2 Å². The summed E-state index contributed by atoms with van der Waals surface area (Å²) in [5.74, 6) is -1.19. The van der Waals surface area contributed by atoms with Gasteiger partial charge in [-0.1, -0.05) is 101 Å². The SMILES string of the molecule is O=C(NC1CCCC1)[C@@H](Cc1ccccc1)N(Cc1cccc(Br)c1)C(=O)CN(c1ccc(Cl)c(C(F)(F)F)c1)S(=O)(=O)c1ccccc1. The zero-order valence-electron chi connectivity index (χ0n) is 26.2. The minimum Gasteiger partial charge on any atom is -0.352 e. The van der Waals surface area contributed by atoms with Crippen molar-refractivity contribution < 1.29 is 31.2 Å².